The van der Waals surface area contributed by atoms with E-state index < -0.39 is 0 Å². The molecule has 1 heterocycles. The Morgan fingerprint density at radius 2 is 1.76 bits per heavy atom. The van der Waals surface area contributed by atoms with Gasteiger partial charge in [-0.15, -0.1) is 24.0 Å². The van der Waals surface area contributed by atoms with Gasteiger partial charge in [-0.1, -0.05) is 29.3 Å². The van der Waals surface area contributed by atoms with Crippen molar-refractivity contribution in [2.45, 2.75) is 13.0 Å². The van der Waals surface area contributed by atoms with Crippen LogP contribution in [0, 0.1) is 0 Å². The van der Waals surface area contributed by atoms with Gasteiger partial charge in [-0.3, -0.25) is 4.99 Å². The van der Waals surface area contributed by atoms with Gasteiger partial charge in [0.2, 0.25) is 5.75 Å². The quantitative estimate of drug-likeness (QED) is 0.293. The van der Waals surface area contributed by atoms with Crippen LogP contribution in [0.4, 0.5) is 0 Å². The number of aromatic nitrogens is 1. The topological polar surface area (TPSA) is 69.0 Å². The lowest BCUT2D eigenvalue weighted by Crippen LogP contribution is -2.38. The minimum absolute atomic E-state index is 0. The number of benzene rings is 1. The fourth-order valence-electron chi connectivity index (χ4n) is 2.83. The Morgan fingerprint density at radius 1 is 1.07 bits per heavy atom. The number of methoxy groups -OCH3 is 3. The third-order valence-electron chi connectivity index (χ3n) is 4.35. The van der Waals surface area contributed by atoms with Crippen molar-refractivity contribution in [3.8, 4) is 17.2 Å². The number of aliphatic imine (C=N–C) groups is 1. The maximum atomic E-state index is 6.10. The van der Waals surface area contributed by atoms with E-state index >= 15 is 0 Å². The first-order valence-electron chi connectivity index (χ1n) is 8.68. The summed E-state index contributed by atoms with van der Waals surface area (Å²) in [5.74, 6) is 2.56. The number of rotatable bonds is 8. The Kier molecular flexibility index (Phi) is 10.8. The van der Waals surface area contributed by atoms with Crippen molar-refractivity contribution >= 4 is 53.1 Å². The second-order valence-corrected chi connectivity index (χ2v) is 6.69. The van der Waals surface area contributed by atoms with Crippen molar-refractivity contribution in [2.75, 3.05) is 34.9 Å². The van der Waals surface area contributed by atoms with E-state index in [0.717, 1.165) is 11.3 Å². The number of hydrogen-bond donors (Lipinski definition) is 2. The lowest BCUT2D eigenvalue weighted by molar-refractivity contribution is 0.322. The molecule has 0 radical (unpaired) electrons. The van der Waals surface area contributed by atoms with E-state index in [1.165, 1.54) is 0 Å². The minimum Gasteiger partial charge on any atom is -0.493 e. The molecule has 2 rings (SSSR count). The number of ether oxygens (including phenoxy) is 3. The third-order valence-corrected chi connectivity index (χ3v) is 5.19. The summed E-state index contributed by atoms with van der Waals surface area (Å²) in [7, 11) is 8.39. The molecule has 10 heteroatoms. The van der Waals surface area contributed by atoms with Crippen LogP contribution in [-0.2, 0) is 20.0 Å². The summed E-state index contributed by atoms with van der Waals surface area (Å²) < 4.78 is 18.1. The molecule has 0 saturated heterocycles. The Labute approximate surface area is 198 Å². The van der Waals surface area contributed by atoms with Crippen molar-refractivity contribution in [1.29, 1.82) is 0 Å². The van der Waals surface area contributed by atoms with Crippen LogP contribution in [-0.4, -0.2) is 45.4 Å². The van der Waals surface area contributed by atoms with E-state index in [9.17, 15) is 0 Å². The van der Waals surface area contributed by atoms with Crippen molar-refractivity contribution in [1.82, 2.24) is 15.2 Å². The Hall–Kier alpha value is -1.52. The third kappa shape index (κ3) is 6.23. The average Bonchev–Trinajstić information content (AvgIpc) is 2.96. The van der Waals surface area contributed by atoms with Crippen molar-refractivity contribution in [3.63, 3.8) is 0 Å². The van der Waals surface area contributed by atoms with E-state index in [-0.39, 0.29) is 24.0 Å². The molecule has 0 amide bonds. The van der Waals surface area contributed by atoms with Gasteiger partial charge in [0.1, 0.15) is 5.15 Å². The second-order valence-electron chi connectivity index (χ2n) is 5.93. The van der Waals surface area contributed by atoms with Crippen LogP contribution in [0.2, 0.25) is 10.2 Å². The molecule has 0 bridgehead atoms. The van der Waals surface area contributed by atoms with E-state index in [0.29, 0.717) is 52.9 Å². The Morgan fingerprint density at radius 3 is 2.28 bits per heavy atom. The molecule has 0 fully saturated rings. The first-order chi connectivity index (χ1) is 13.5. The van der Waals surface area contributed by atoms with Gasteiger partial charge in [-0.2, -0.15) is 0 Å². The van der Waals surface area contributed by atoms with Crippen LogP contribution < -0.4 is 24.8 Å². The van der Waals surface area contributed by atoms with Crippen LogP contribution in [0.15, 0.2) is 23.2 Å². The summed E-state index contributed by atoms with van der Waals surface area (Å²) in [6.45, 7) is 1.20. The highest BCUT2D eigenvalue weighted by atomic mass is 127. The van der Waals surface area contributed by atoms with Gasteiger partial charge in [-0.25, -0.2) is 0 Å². The van der Waals surface area contributed by atoms with Gasteiger partial charge in [0.05, 0.1) is 32.9 Å². The molecule has 29 heavy (non-hydrogen) atoms. The van der Waals surface area contributed by atoms with Gasteiger partial charge in [0.15, 0.2) is 17.5 Å². The van der Waals surface area contributed by atoms with E-state index in [4.69, 9.17) is 37.4 Å². The zero-order chi connectivity index (χ0) is 20.7. The SMILES string of the molecule is CN=C(NCCc1ccc(OC)c(OC)c1OC)NCc1cc(Cl)c(Cl)n1C.I. The molecule has 0 unspecified atom stereocenters. The highest BCUT2D eigenvalue weighted by Crippen LogP contribution is 2.39. The summed E-state index contributed by atoms with van der Waals surface area (Å²) in [5, 5.41) is 7.58. The number of halogens is 3. The molecule has 0 spiro atoms. The molecular weight excluding hydrogens is 530 g/mol. The predicted octanol–water partition coefficient (Wildman–Crippen LogP) is 3.88. The average molecular weight is 557 g/mol. The maximum Gasteiger partial charge on any atom is 0.203 e. The number of nitrogens with zero attached hydrogens (tertiary/aromatic N) is 2. The molecule has 1 aromatic carbocycles. The zero-order valence-electron chi connectivity index (χ0n) is 17.1. The Bertz CT molecular complexity index is 843. The van der Waals surface area contributed by atoms with Crippen molar-refractivity contribution < 1.29 is 14.2 Å². The van der Waals surface area contributed by atoms with Gasteiger partial charge in [0.25, 0.3) is 0 Å². The fourth-order valence-corrected chi connectivity index (χ4v) is 3.24. The molecule has 0 aliphatic carbocycles. The predicted molar refractivity (Wildman–Crippen MR) is 129 cm³/mol. The van der Waals surface area contributed by atoms with Crippen LogP contribution in [0.1, 0.15) is 11.3 Å². The highest BCUT2D eigenvalue weighted by Gasteiger charge is 2.15. The first-order valence-corrected chi connectivity index (χ1v) is 9.44. The molecule has 1 aromatic heterocycles. The number of guanidine groups is 1. The monoisotopic (exact) mass is 556 g/mol. The lowest BCUT2D eigenvalue weighted by atomic mass is 10.1. The highest BCUT2D eigenvalue weighted by molar-refractivity contribution is 14.0. The van der Waals surface area contributed by atoms with Gasteiger partial charge >= 0.3 is 0 Å². The normalized spacial score (nSPS) is 10.9. The molecule has 0 saturated carbocycles. The smallest absolute Gasteiger partial charge is 0.203 e. The molecule has 0 aliphatic rings. The number of nitrogens with one attached hydrogen (secondary N) is 2. The first kappa shape index (κ1) is 25.5. The van der Waals surface area contributed by atoms with Gasteiger partial charge in [0, 0.05) is 31.9 Å². The molecule has 2 aromatic rings. The van der Waals surface area contributed by atoms with Crippen molar-refractivity contribution in [3.05, 3.63) is 39.6 Å². The van der Waals surface area contributed by atoms with Gasteiger partial charge in [-0.05, 0) is 18.6 Å². The van der Waals surface area contributed by atoms with E-state index in [1.54, 1.807) is 28.4 Å². The van der Waals surface area contributed by atoms with E-state index in [1.807, 2.05) is 29.8 Å². The molecule has 0 aliphatic heterocycles. The molecule has 162 valence electrons. The van der Waals surface area contributed by atoms with Gasteiger partial charge < -0.3 is 29.4 Å². The molecule has 0 atom stereocenters. The largest absolute Gasteiger partial charge is 0.493 e. The van der Waals surface area contributed by atoms with Crippen molar-refractivity contribution in [2.24, 2.45) is 12.0 Å². The zero-order valence-corrected chi connectivity index (χ0v) is 21.0. The summed E-state index contributed by atoms with van der Waals surface area (Å²) in [5.41, 5.74) is 1.96. The summed E-state index contributed by atoms with van der Waals surface area (Å²) >= 11 is 12.2. The summed E-state index contributed by atoms with van der Waals surface area (Å²) in [6.07, 6.45) is 0.714. The number of hydrogen-bond acceptors (Lipinski definition) is 4. The minimum atomic E-state index is 0. The Balaban J connectivity index is 0.00000420. The summed E-state index contributed by atoms with van der Waals surface area (Å²) in [4.78, 5) is 4.24. The van der Waals surface area contributed by atoms with Crippen LogP contribution >= 0.6 is 47.2 Å². The standard InChI is InChI=1S/C19H26Cl2N4O3.HI/c1-22-19(24-11-13-10-14(20)18(21)25(13)2)23-9-8-12-6-7-15(26-3)17(28-5)16(12)27-4;/h6-7,10H,8-9,11H2,1-5H3,(H2,22,23,24);1H. The molecule has 7 nitrogen and oxygen atoms in total. The fraction of sp³-hybridized carbons (Fsp3) is 0.421. The lowest BCUT2D eigenvalue weighted by Gasteiger charge is -2.17. The van der Waals surface area contributed by atoms with Crippen LogP contribution in [0.5, 0.6) is 17.2 Å². The van der Waals surface area contributed by atoms with E-state index in [2.05, 4.69) is 15.6 Å². The molecule has 2 N–H and O–H groups in total. The van der Waals surface area contributed by atoms with Crippen LogP contribution in [0.3, 0.4) is 0 Å². The molecular formula is C19H27Cl2IN4O3. The maximum absolute atomic E-state index is 6.10. The summed E-state index contributed by atoms with van der Waals surface area (Å²) in [6, 6.07) is 5.66. The van der Waals surface area contributed by atoms with Crippen LogP contribution in [0.25, 0.3) is 0 Å². The second kappa shape index (κ2) is 12.2.